The maximum absolute atomic E-state index is 13.3. The molecule has 1 amide bonds. The molecule has 1 aliphatic carbocycles. The van der Waals surface area contributed by atoms with Crippen molar-refractivity contribution in [3.63, 3.8) is 0 Å². The van der Waals surface area contributed by atoms with E-state index < -0.39 is 0 Å². The molecule has 5 heteroatoms. The Morgan fingerprint density at radius 3 is 2.92 bits per heavy atom. The van der Waals surface area contributed by atoms with Crippen molar-refractivity contribution in [3.8, 4) is 0 Å². The molecular weight excluding hydrogens is 314 g/mol. The molecule has 130 valence electrons. The average molecular weight is 337 g/mol. The molecule has 2 aromatic heterocycles. The Balaban J connectivity index is 1.74. The van der Waals surface area contributed by atoms with Crippen LogP contribution in [0.1, 0.15) is 35.2 Å². The van der Waals surface area contributed by atoms with Gasteiger partial charge in [0.2, 0.25) is 0 Å². The highest BCUT2D eigenvalue weighted by molar-refractivity contribution is 6.07. The third kappa shape index (κ3) is 2.54. The number of likely N-dealkylation sites (tertiary alicyclic amines) is 1. The van der Waals surface area contributed by atoms with Crippen LogP contribution >= 0.6 is 0 Å². The number of hydrogen-bond acceptors (Lipinski definition) is 2. The minimum absolute atomic E-state index is 0.0283. The number of aromatic amines is 1. The van der Waals surface area contributed by atoms with Crippen LogP contribution in [0, 0.1) is 12.8 Å². The van der Waals surface area contributed by atoms with E-state index in [4.69, 9.17) is 0 Å². The van der Waals surface area contributed by atoms with Gasteiger partial charge in [-0.25, -0.2) is 0 Å². The van der Waals surface area contributed by atoms with Gasteiger partial charge in [-0.3, -0.25) is 9.59 Å². The molecule has 5 nitrogen and oxygen atoms in total. The van der Waals surface area contributed by atoms with E-state index in [2.05, 4.69) is 29.3 Å². The molecule has 2 aliphatic rings. The lowest BCUT2D eigenvalue weighted by Gasteiger charge is -2.30. The second kappa shape index (κ2) is 6.06. The van der Waals surface area contributed by atoms with Crippen molar-refractivity contribution in [3.05, 3.63) is 58.2 Å². The molecule has 0 aromatic carbocycles. The predicted octanol–water partition coefficient (Wildman–Crippen LogP) is 2.91. The van der Waals surface area contributed by atoms with Gasteiger partial charge in [0.25, 0.3) is 11.5 Å². The number of H-pyrrole nitrogens is 1. The second-order valence-electron chi connectivity index (χ2n) is 7.10. The van der Waals surface area contributed by atoms with E-state index >= 15 is 0 Å². The van der Waals surface area contributed by atoms with Gasteiger partial charge in [0, 0.05) is 37.9 Å². The number of hydrogen-bond donors (Lipinski definition) is 1. The lowest BCUT2D eigenvalue weighted by atomic mass is 9.91. The maximum atomic E-state index is 13.3. The van der Waals surface area contributed by atoms with Crippen LogP contribution in [0.2, 0.25) is 0 Å². The Kier molecular flexibility index (Phi) is 3.86. The van der Waals surface area contributed by atoms with Crippen molar-refractivity contribution in [2.75, 3.05) is 6.54 Å². The summed E-state index contributed by atoms with van der Waals surface area (Å²) in [5, 5.41) is 0.511. The number of fused-ring (bicyclic) bond motifs is 1. The lowest BCUT2D eigenvalue weighted by molar-refractivity contribution is 0.0708. The highest BCUT2D eigenvalue weighted by Crippen LogP contribution is 2.31. The van der Waals surface area contributed by atoms with Crippen molar-refractivity contribution in [1.29, 1.82) is 0 Å². The highest BCUT2D eigenvalue weighted by atomic mass is 16.2. The molecular formula is C20H23N3O2. The Labute approximate surface area is 146 Å². The summed E-state index contributed by atoms with van der Waals surface area (Å²) >= 11 is 0. The van der Waals surface area contributed by atoms with Gasteiger partial charge >= 0.3 is 0 Å². The fraction of sp³-hybridized carbons (Fsp3) is 0.400. The first-order valence-electron chi connectivity index (χ1n) is 8.89. The van der Waals surface area contributed by atoms with Crippen LogP contribution in [0.15, 0.2) is 41.5 Å². The van der Waals surface area contributed by atoms with Gasteiger partial charge < -0.3 is 14.5 Å². The number of aromatic nitrogens is 2. The number of pyridine rings is 1. The molecule has 1 fully saturated rings. The third-order valence-corrected chi connectivity index (χ3v) is 5.49. The molecule has 0 radical (unpaired) electrons. The summed E-state index contributed by atoms with van der Waals surface area (Å²) in [6.45, 7) is 2.71. The Hall–Kier alpha value is -2.56. The first kappa shape index (κ1) is 15.9. The number of carbonyl (C=O) groups excluding carboxylic acids is 1. The first-order chi connectivity index (χ1) is 12.1. The fourth-order valence-electron chi connectivity index (χ4n) is 4.24. The molecule has 0 bridgehead atoms. The first-order valence-corrected chi connectivity index (χ1v) is 8.89. The molecule has 0 spiro atoms. The Morgan fingerprint density at radius 2 is 2.16 bits per heavy atom. The zero-order valence-corrected chi connectivity index (χ0v) is 14.7. The zero-order valence-electron chi connectivity index (χ0n) is 14.7. The molecule has 1 aliphatic heterocycles. The minimum atomic E-state index is -0.124. The van der Waals surface area contributed by atoms with Crippen molar-refractivity contribution in [2.45, 2.75) is 32.2 Å². The average Bonchev–Trinajstić information content (AvgIpc) is 3.27. The van der Waals surface area contributed by atoms with Gasteiger partial charge in [0.1, 0.15) is 0 Å². The van der Waals surface area contributed by atoms with Crippen LogP contribution < -0.4 is 5.56 Å². The molecule has 1 N–H and O–H groups in total. The van der Waals surface area contributed by atoms with Crippen LogP contribution in [0.4, 0.5) is 0 Å². The monoisotopic (exact) mass is 337 g/mol. The summed E-state index contributed by atoms with van der Waals surface area (Å²) < 4.78 is 1.55. The lowest BCUT2D eigenvalue weighted by Crippen LogP contribution is -2.40. The van der Waals surface area contributed by atoms with Crippen molar-refractivity contribution < 1.29 is 4.79 Å². The van der Waals surface area contributed by atoms with Crippen LogP contribution in [-0.4, -0.2) is 32.9 Å². The topological polar surface area (TPSA) is 58.1 Å². The summed E-state index contributed by atoms with van der Waals surface area (Å²) in [4.78, 5) is 31.0. The number of aryl methyl sites for hydroxylation is 2. The van der Waals surface area contributed by atoms with Gasteiger partial charge in [-0.15, -0.1) is 0 Å². The molecule has 3 heterocycles. The summed E-state index contributed by atoms with van der Waals surface area (Å²) in [5.41, 5.74) is 2.11. The van der Waals surface area contributed by atoms with E-state index in [1.165, 1.54) is 0 Å². The smallest absolute Gasteiger partial charge is 0.260 e. The van der Waals surface area contributed by atoms with Crippen LogP contribution in [0.3, 0.4) is 0 Å². The number of nitrogens with one attached hydrogen (secondary N) is 1. The zero-order chi connectivity index (χ0) is 17.6. The molecule has 2 aromatic rings. The summed E-state index contributed by atoms with van der Waals surface area (Å²) in [6.07, 6.45) is 15.0. The van der Waals surface area contributed by atoms with E-state index in [9.17, 15) is 9.59 Å². The van der Waals surface area contributed by atoms with Crippen molar-refractivity contribution >= 4 is 16.8 Å². The van der Waals surface area contributed by atoms with E-state index in [0.29, 0.717) is 16.9 Å². The normalized spacial score (nSPS) is 22.9. The van der Waals surface area contributed by atoms with Crippen molar-refractivity contribution in [1.82, 2.24) is 14.5 Å². The summed E-state index contributed by atoms with van der Waals surface area (Å²) in [7, 11) is 1.73. The standard InChI is InChI=1S/C20H23N3O2/c1-13-12-22(2)20(25)17-15(11-21-18(13)17)19(24)23-10-6-9-16(23)14-7-4-3-5-8-14/h3-5,7,11-12,14,16,21H,6,8-10H2,1-2H3. The van der Waals surface area contributed by atoms with Gasteiger partial charge in [0.05, 0.1) is 16.5 Å². The number of nitrogens with zero attached hydrogens (tertiary/aromatic N) is 2. The number of rotatable bonds is 2. The van der Waals surface area contributed by atoms with Crippen LogP contribution in [0.25, 0.3) is 10.9 Å². The van der Waals surface area contributed by atoms with Gasteiger partial charge in [-0.1, -0.05) is 24.3 Å². The number of carbonyl (C=O) groups is 1. The SMILES string of the molecule is Cc1cn(C)c(=O)c2c(C(=O)N3CCCC3C3C=CC=CC3)c[nH]c12. The molecule has 0 saturated carbocycles. The second-order valence-corrected chi connectivity index (χ2v) is 7.10. The summed E-state index contributed by atoms with van der Waals surface area (Å²) in [6, 6.07) is 0.215. The summed E-state index contributed by atoms with van der Waals surface area (Å²) in [5.74, 6) is 0.339. The van der Waals surface area contributed by atoms with Gasteiger partial charge in [0.15, 0.2) is 0 Å². The quantitative estimate of drug-likeness (QED) is 0.916. The third-order valence-electron chi connectivity index (χ3n) is 5.49. The maximum Gasteiger partial charge on any atom is 0.260 e. The van der Waals surface area contributed by atoms with Crippen LogP contribution in [-0.2, 0) is 7.05 Å². The predicted molar refractivity (Wildman–Crippen MR) is 98.7 cm³/mol. The highest BCUT2D eigenvalue weighted by Gasteiger charge is 2.35. The van der Waals surface area contributed by atoms with Crippen molar-refractivity contribution in [2.24, 2.45) is 13.0 Å². The van der Waals surface area contributed by atoms with E-state index in [0.717, 1.165) is 36.9 Å². The number of amides is 1. The number of allylic oxidation sites excluding steroid dienone is 3. The molecule has 1 saturated heterocycles. The Morgan fingerprint density at radius 1 is 1.32 bits per heavy atom. The Bertz CT molecular complexity index is 948. The van der Waals surface area contributed by atoms with Gasteiger partial charge in [-0.2, -0.15) is 0 Å². The molecule has 2 unspecified atom stereocenters. The van der Waals surface area contributed by atoms with E-state index in [1.54, 1.807) is 24.0 Å². The molecule has 4 rings (SSSR count). The van der Waals surface area contributed by atoms with Crippen LogP contribution in [0.5, 0.6) is 0 Å². The van der Waals surface area contributed by atoms with Gasteiger partial charge in [-0.05, 0) is 31.7 Å². The molecule has 2 atom stereocenters. The fourth-order valence-corrected chi connectivity index (χ4v) is 4.24. The van der Waals surface area contributed by atoms with E-state index in [-0.39, 0.29) is 17.5 Å². The molecule has 25 heavy (non-hydrogen) atoms. The van der Waals surface area contributed by atoms with E-state index in [1.807, 2.05) is 11.8 Å². The largest absolute Gasteiger partial charge is 0.360 e. The minimum Gasteiger partial charge on any atom is -0.360 e.